The number of nitrogen functional groups attached to an aromatic ring is 1. The number of aromatic nitrogens is 4. The maximum Gasteiger partial charge on any atom is 0.296 e. The standard InChI is InChI=1S/C25H35N9O4/c1-2-3-12-29-24-32-21(27)20-22(33-24)34(25(38)31-20)15-16-8-10-17(11-9-16)23(37)30-14-19(36)28-13-6-4-5-7-18(26)35/h8-11H,2-7,12-15H2,1H3,(H2,26,35)(H,28,36)(H,30,37)(H,31,38)(H3,27,29,32,33). The van der Waals surface area contributed by atoms with Crippen molar-refractivity contribution in [3.05, 3.63) is 35.4 Å². The Balaban J connectivity index is 1.54. The van der Waals surface area contributed by atoms with Crippen LogP contribution in [0.5, 0.6) is 6.01 Å². The van der Waals surface area contributed by atoms with Gasteiger partial charge in [0.05, 0.1) is 13.1 Å². The average Bonchev–Trinajstić information content (AvgIpc) is 3.20. The summed E-state index contributed by atoms with van der Waals surface area (Å²) < 4.78 is 1.52. The number of carbonyl (C=O) groups is 3. The molecule has 0 aliphatic rings. The molecule has 0 radical (unpaired) electrons. The lowest BCUT2D eigenvalue weighted by molar-refractivity contribution is -0.120. The zero-order valence-electron chi connectivity index (χ0n) is 21.5. The van der Waals surface area contributed by atoms with Crippen LogP contribution in [0.3, 0.4) is 0 Å². The van der Waals surface area contributed by atoms with Crippen LogP contribution in [0.25, 0.3) is 11.2 Å². The molecule has 0 saturated carbocycles. The van der Waals surface area contributed by atoms with Crippen LogP contribution >= 0.6 is 0 Å². The molecule has 8 N–H and O–H groups in total. The van der Waals surface area contributed by atoms with Gasteiger partial charge in [-0.1, -0.05) is 31.9 Å². The van der Waals surface area contributed by atoms with E-state index in [-0.39, 0.29) is 42.6 Å². The number of hydrogen-bond donors (Lipinski definition) is 6. The van der Waals surface area contributed by atoms with Gasteiger partial charge >= 0.3 is 0 Å². The van der Waals surface area contributed by atoms with Crippen molar-refractivity contribution in [2.75, 3.05) is 30.7 Å². The predicted octanol–water partition coefficient (Wildman–Crippen LogP) is 1.27. The molecule has 0 bridgehead atoms. The minimum Gasteiger partial charge on any atom is -0.480 e. The number of hydrogen-bond acceptors (Lipinski definition) is 9. The lowest BCUT2D eigenvalue weighted by Crippen LogP contribution is -2.37. The van der Waals surface area contributed by atoms with Crippen LogP contribution in [-0.2, 0) is 16.1 Å². The van der Waals surface area contributed by atoms with Crippen LogP contribution in [0.2, 0.25) is 0 Å². The predicted molar refractivity (Wildman–Crippen MR) is 143 cm³/mol. The van der Waals surface area contributed by atoms with E-state index in [0.717, 1.165) is 31.2 Å². The fourth-order valence-corrected chi connectivity index (χ4v) is 3.71. The van der Waals surface area contributed by atoms with E-state index in [1.807, 2.05) is 0 Å². The van der Waals surface area contributed by atoms with Crippen LogP contribution in [0, 0.1) is 0 Å². The molecular weight excluding hydrogens is 490 g/mol. The summed E-state index contributed by atoms with van der Waals surface area (Å²) in [6.07, 6.45) is 4.51. The monoisotopic (exact) mass is 525 g/mol. The molecule has 0 saturated heterocycles. The number of rotatable bonds is 15. The summed E-state index contributed by atoms with van der Waals surface area (Å²) in [5, 5.41) is 18.9. The third kappa shape index (κ3) is 8.05. The Kier molecular flexibility index (Phi) is 10.2. The molecule has 2 heterocycles. The van der Waals surface area contributed by atoms with Crippen LogP contribution in [0.4, 0.5) is 11.8 Å². The van der Waals surface area contributed by atoms with Crippen molar-refractivity contribution in [1.82, 2.24) is 30.2 Å². The quantitative estimate of drug-likeness (QED) is 0.158. The van der Waals surface area contributed by atoms with Crippen LogP contribution in [0.1, 0.15) is 61.4 Å². The zero-order valence-corrected chi connectivity index (χ0v) is 21.5. The molecule has 0 atom stereocenters. The van der Waals surface area contributed by atoms with Crippen molar-refractivity contribution in [2.24, 2.45) is 5.73 Å². The first-order chi connectivity index (χ1) is 18.3. The first-order valence-electron chi connectivity index (χ1n) is 12.7. The highest BCUT2D eigenvalue weighted by atomic mass is 16.3. The zero-order chi connectivity index (χ0) is 27.5. The van der Waals surface area contributed by atoms with Crippen molar-refractivity contribution in [3.8, 4) is 6.01 Å². The van der Waals surface area contributed by atoms with E-state index in [1.165, 1.54) is 4.57 Å². The van der Waals surface area contributed by atoms with Gasteiger partial charge in [0.1, 0.15) is 0 Å². The van der Waals surface area contributed by atoms with Crippen molar-refractivity contribution in [3.63, 3.8) is 0 Å². The number of anilines is 2. The van der Waals surface area contributed by atoms with E-state index in [0.29, 0.717) is 48.6 Å². The summed E-state index contributed by atoms with van der Waals surface area (Å²) in [6.45, 7) is 3.35. The Bertz CT molecular complexity index is 1260. The molecule has 3 rings (SSSR count). The lowest BCUT2D eigenvalue weighted by Gasteiger charge is -2.09. The van der Waals surface area contributed by atoms with Gasteiger partial charge in [-0.05, 0) is 37.0 Å². The Hall–Kier alpha value is -4.42. The maximum absolute atomic E-state index is 12.4. The number of nitrogens with zero attached hydrogens (tertiary/aromatic N) is 4. The molecule has 13 heteroatoms. The molecule has 0 aliphatic carbocycles. The molecule has 0 spiro atoms. The number of aromatic hydroxyl groups is 1. The molecule has 38 heavy (non-hydrogen) atoms. The SMILES string of the molecule is CCCCNc1nc(N)c2nc(O)n(Cc3ccc(C(=O)NCC(=O)NCCCCCC(N)=O)cc3)c2n1. The maximum atomic E-state index is 12.4. The van der Waals surface area contributed by atoms with Crippen molar-refractivity contribution in [1.29, 1.82) is 0 Å². The molecular formula is C25H35N9O4. The van der Waals surface area contributed by atoms with Crippen molar-refractivity contribution in [2.45, 2.75) is 52.0 Å². The van der Waals surface area contributed by atoms with Gasteiger partial charge in [0.2, 0.25) is 17.8 Å². The fourth-order valence-electron chi connectivity index (χ4n) is 3.71. The van der Waals surface area contributed by atoms with E-state index in [1.54, 1.807) is 24.3 Å². The molecule has 0 aliphatic heterocycles. The minimum absolute atomic E-state index is 0.146. The number of nitrogens with two attached hydrogens (primary N) is 2. The van der Waals surface area contributed by atoms with Gasteiger partial charge in [-0.3, -0.25) is 19.0 Å². The highest BCUT2D eigenvalue weighted by molar-refractivity contribution is 5.96. The van der Waals surface area contributed by atoms with Crippen LogP contribution in [0.15, 0.2) is 24.3 Å². The second-order valence-electron chi connectivity index (χ2n) is 8.89. The molecule has 3 amide bonds. The summed E-state index contributed by atoms with van der Waals surface area (Å²) in [5.41, 5.74) is 13.0. The molecule has 3 aromatic rings. The summed E-state index contributed by atoms with van der Waals surface area (Å²) in [4.78, 5) is 47.9. The molecule has 2 aromatic heterocycles. The van der Waals surface area contributed by atoms with E-state index in [9.17, 15) is 19.5 Å². The van der Waals surface area contributed by atoms with Gasteiger partial charge in [-0.25, -0.2) is 0 Å². The Labute approximate surface area is 220 Å². The first-order valence-corrected chi connectivity index (χ1v) is 12.7. The number of benzene rings is 1. The van der Waals surface area contributed by atoms with Gasteiger partial charge < -0.3 is 32.5 Å². The van der Waals surface area contributed by atoms with Gasteiger partial charge in [0, 0.05) is 25.1 Å². The normalized spacial score (nSPS) is 10.9. The third-order valence-corrected chi connectivity index (χ3v) is 5.80. The second kappa shape index (κ2) is 13.8. The Morgan fingerprint density at radius 3 is 2.45 bits per heavy atom. The number of imidazole rings is 1. The van der Waals surface area contributed by atoms with Gasteiger partial charge in [0.15, 0.2) is 17.0 Å². The first kappa shape index (κ1) is 28.2. The Morgan fingerprint density at radius 1 is 0.974 bits per heavy atom. The number of primary amides is 1. The van der Waals surface area contributed by atoms with E-state index >= 15 is 0 Å². The average molecular weight is 526 g/mol. The third-order valence-electron chi connectivity index (χ3n) is 5.80. The molecule has 0 unspecified atom stereocenters. The van der Waals surface area contributed by atoms with E-state index in [2.05, 4.69) is 37.8 Å². The smallest absolute Gasteiger partial charge is 0.296 e. The van der Waals surface area contributed by atoms with Crippen LogP contribution < -0.4 is 27.4 Å². The fraction of sp³-hybridized carbons (Fsp3) is 0.440. The summed E-state index contributed by atoms with van der Waals surface area (Å²) >= 11 is 0. The van der Waals surface area contributed by atoms with Crippen molar-refractivity contribution < 1.29 is 19.5 Å². The summed E-state index contributed by atoms with van der Waals surface area (Å²) in [6, 6.07) is 6.53. The van der Waals surface area contributed by atoms with E-state index in [4.69, 9.17) is 11.5 Å². The highest BCUT2D eigenvalue weighted by Crippen LogP contribution is 2.25. The number of amides is 3. The molecule has 13 nitrogen and oxygen atoms in total. The molecule has 0 fully saturated rings. The van der Waals surface area contributed by atoms with Crippen molar-refractivity contribution >= 4 is 40.7 Å². The second-order valence-corrected chi connectivity index (χ2v) is 8.89. The number of carbonyl (C=O) groups excluding carboxylic acids is 3. The summed E-state index contributed by atoms with van der Waals surface area (Å²) in [7, 11) is 0. The number of unbranched alkanes of at least 4 members (excludes halogenated alkanes) is 3. The van der Waals surface area contributed by atoms with Crippen LogP contribution in [-0.4, -0.2) is 62.0 Å². The van der Waals surface area contributed by atoms with Gasteiger partial charge in [-0.2, -0.15) is 15.0 Å². The molecule has 204 valence electrons. The topological polar surface area (TPSA) is 203 Å². The minimum atomic E-state index is -0.382. The summed E-state index contributed by atoms with van der Waals surface area (Å²) in [5.74, 6) is -0.474. The van der Waals surface area contributed by atoms with Gasteiger partial charge in [0.25, 0.3) is 11.9 Å². The largest absolute Gasteiger partial charge is 0.480 e. The highest BCUT2D eigenvalue weighted by Gasteiger charge is 2.17. The number of fused-ring (bicyclic) bond motifs is 1. The lowest BCUT2D eigenvalue weighted by atomic mass is 10.1. The Morgan fingerprint density at radius 2 is 1.74 bits per heavy atom. The number of nitrogens with one attached hydrogen (secondary N) is 3. The van der Waals surface area contributed by atoms with E-state index < -0.39 is 0 Å². The molecule has 1 aromatic carbocycles. The van der Waals surface area contributed by atoms with Gasteiger partial charge in [-0.15, -0.1) is 0 Å².